The molecular formula is C28H49N5O2. The number of allylic oxidation sites excluding steroid dienone is 2. The van der Waals surface area contributed by atoms with Crippen molar-refractivity contribution >= 4 is 11.7 Å². The van der Waals surface area contributed by atoms with Crippen molar-refractivity contribution in [2.75, 3.05) is 27.2 Å². The number of fused-ring (bicyclic) bond motifs is 5. The van der Waals surface area contributed by atoms with Crippen LogP contribution < -0.4 is 5.73 Å². The van der Waals surface area contributed by atoms with E-state index in [-0.39, 0.29) is 34.7 Å². The summed E-state index contributed by atoms with van der Waals surface area (Å²) >= 11 is 0. The van der Waals surface area contributed by atoms with Gasteiger partial charge in [0.1, 0.15) is 0 Å². The number of hydrogen-bond donors (Lipinski definition) is 4. The molecule has 4 rings (SSSR count). The minimum atomic E-state index is -0.785. The summed E-state index contributed by atoms with van der Waals surface area (Å²) in [6.07, 6.45) is 10.7. The van der Waals surface area contributed by atoms with E-state index in [0.717, 1.165) is 57.2 Å². The first-order valence-electron chi connectivity index (χ1n) is 13.8. The number of aliphatic hydroxyl groups is 2. The molecular weight excluding hydrogens is 438 g/mol. The molecule has 5 N–H and O–H groups in total. The zero-order valence-electron chi connectivity index (χ0n) is 22.8. The molecule has 9 atom stereocenters. The monoisotopic (exact) mass is 487 g/mol. The van der Waals surface area contributed by atoms with E-state index >= 15 is 0 Å². The Morgan fingerprint density at radius 2 is 1.89 bits per heavy atom. The molecule has 0 aliphatic heterocycles. The Kier molecular flexibility index (Phi) is 7.19. The molecule has 198 valence electrons. The van der Waals surface area contributed by atoms with Gasteiger partial charge >= 0.3 is 0 Å². The zero-order valence-corrected chi connectivity index (χ0v) is 22.8. The fraction of sp³-hybridized carbons (Fsp3) is 0.857. The topological polar surface area (TPSA) is 109 Å². The summed E-state index contributed by atoms with van der Waals surface area (Å²) in [6, 6.07) is 0. The van der Waals surface area contributed by atoms with Crippen LogP contribution in [0.3, 0.4) is 0 Å². The number of aliphatic hydroxyl groups excluding tert-OH is 1. The quantitative estimate of drug-likeness (QED) is 0.205. The molecule has 7 heteroatoms. The fourth-order valence-electron chi connectivity index (χ4n) is 8.84. The van der Waals surface area contributed by atoms with Gasteiger partial charge in [-0.1, -0.05) is 32.9 Å². The average molecular weight is 488 g/mol. The van der Waals surface area contributed by atoms with Crippen LogP contribution in [0, 0.1) is 45.8 Å². The minimum absolute atomic E-state index is 0.0379. The number of hydrogen-bond acceptors (Lipinski definition) is 5. The maximum atomic E-state index is 12.5. The van der Waals surface area contributed by atoms with Crippen molar-refractivity contribution in [3.8, 4) is 0 Å². The van der Waals surface area contributed by atoms with Crippen LogP contribution in [0.1, 0.15) is 72.6 Å². The van der Waals surface area contributed by atoms with Crippen molar-refractivity contribution < 1.29 is 10.2 Å². The Morgan fingerprint density at radius 3 is 2.51 bits per heavy atom. The van der Waals surface area contributed by atoms with Crippen molar-refractivity contribution in [1.29, 1.82) is 5.41 Å². The summed E-state index contributed by atoms with van der Waals surface area (Å²) in [4.78, 5) is 2.07. The second-order valence-corrected chi connectivity index (χ2v) is 12.7. The van der Waals surface area contributed by atoms with Crippen LogP contribution in [0.25, 0.3) is 0 Å². The number of likely N-dealkylation sites (N-methyl/N-ethyl adjacent to an activating group) is 1. The van der Waals surface area contributed by atoms with E-state index in [1.807, 2.05) is 14.1 Å². The van der Waals surface area contributed by atoms with Crippen LogP contribution in [0.4, 0.5) is 0 Å². The second-order valence-electron chi connectivity index (χ2n) is 12.7. The van der Waals surface area contributed by atoms with Crippen LogP contribution in [0.5, 0.6) is 0 Å². The van der Waals surface area contributed by atoms with Gasteiger partial charge in [-0.2, -0.15) is 5.10 Å². The molecule has 4 aliphatic carbocycles. The van der Waals surface area contributed by atoms with Gasteiger partial charge in [-0.15, -0.1) is 0 Å². The first-order chi connectivity index (χ1) is 16.4. The predicted octanol–water partition coefficient (Wildman–Crippen LogP) is 3.67. The molecule has 0 aromatic rings. The summed E-state index contributed by atoms with van der Waals surface area (Å²) in [5, 5.41) is 38.0. The van der Waals surface area contributed by atoms with Crippen molar-refractivity contribution in [3.63, 3.8) is 0 Å². The molecule has 0 aromatic heterocycles. The van der Waals surface area contributed by atoms with E-state index in [9.17, 15) is 10.2 Å². The molecule has 0 radical (unpaired) electrons. The highest BCUT2D eigenvalue weighted by molar-refractivity contribution is 5.94. The van der Waals surface area contributed by atoms with Gasteiger partial charge in [-0.05, 0) is 101 Å². The van der Waals surface area contributed by atoms with E-state index in [1.54, 1.807) is 5.01 Å². The molecule has 0 saturated heterocycles. The molecule has 4 fully saturated rings. The first kappa shape index (κ1) is 26.6. The Hall–Kier alpha value is -1.44. The summed E-state index contributed by atoms with van der Waals surface area (Å²) in [6.45, 7) is 10.3. The van der Waals surface area contributed by atoms with Gasteiger partial charge in [-0.3, -0.25) is 5.41 Å². The van der Waals surface area contributed by atoms with Crippen molar-refractivity contribution in [2.24, 2.45) is 51.3 Å². The summed E-state index contributed by atoms with van der Waals surface area (Å²) in [5.74, 6) is 1.69. The van der Waals surface area contributed by atoms with Gasteiger partial charge in [0.15, 0.2) is 0 Å². The van der Waals surface area contributed by atoms with Crippen LogP contribution in [0.15, 0.2) is 17.3 Å². The molecule has 7 nitrogen and oxygen atoms in total. The third-order valence-electron chi connectivity index (χ3n) is 11.0. The van der Waals surface area contributed by atoms with E-state index < -0.39 is 5.60 Å². The van der Waals surface area contributed by atoms with Crippen molar-refractivity contribution in [2.45, 2.75) is 84.3 Å². The molecule has 4 aliphatic rings. The number of nitrogens with one attached hydrogen (secondary N) is 1. The smallest absolute Gasteiger partial charge is 0.209 e. The van der Waals surface area contributed by atoms with Gasteiger partial charge < -0.3 is 20.8 Å². The van der Waals surface area contributed by atoms with Gasteiger partial charge in [-0.25, -0.2) is 5.01 Å². The fourth-order valence-corrected chi connectivity index (χ4v) is 8.84. The van der Waals surface area contributed by atoms with Gasteiger partial charge in [0.2, 0.25) is 5.96 Å². The zero-order chi connectivity index (χ0) is 25.8. The summed E-state index contributed by atoms with van der Waals surface area (Å²) in [7, 11) is 4.01. The van der Waals surface area contributed by atoms with Crippen molar-refractivity contribution in [1.82, 2.24) is 9.91 Å². The molecule has 0 bridgehead atoms. The van der Waals surface area contributed by atoms with Crippen LogP contribution in [0.2, 0.25) is 0 Å². The first-order valence-corrected chi connectivity index (χ1v) is 13.8. The third kappa shape index (κ3) is 4.06. The molecule has 0 aromatic carbocycles. The lowest BCUT2D eigenvalue weighted by Gasteiger charge is -2.65. The molecule has 35 heavy (non-hydrogen) atoms. The highest BCUT2D eigenvalue weighted by atomic mass is 16.3. The lowest BCUT2D eigenvalue weighted by molar-refractivity contribution is -0.209. The van der Waals surface area contributed by atoms with Crippen LogP contribution in [-0.2, 0) is 0 Å². The third-order valence-corrected chi connectivity index (χ3v) is 11.0. The Balaban J connectivity index is 1.67. The lowest BCUT2D eigenvalue weighted by Crippen LogP contribution is -2.65. The minimum Gasteiger partial charge on any atom is -0.393 e. The molecule has 0 heterocycles. The highest BCUT2D eigenvalue weighted by Crippen LogP contribution is 2.69. The van der Waals surface area contributed by atoms with Crippen molar-refractivity contribution in [3.05, 3.63) is 12.2 Å². The Bertz CT molecular complexity index is 873. The molecule has 0 amide bonds. The van der Waals surface area contributed by atoms with E-state index in [2.05, 4.69) is 44.7 Å². The molecule has 4 unspecified atom stereocenters. The standard InChI is InChI=1S/C28H49N5O2/c1-7-8-20-18(2)23(34)17-19-9-10-22-21(27(19,20)4)11-13-26(3)24(12-14-28(22,26)35)31-33(25(29)30)16-15-32(5)6/h7-8,18-23,34-35H,9-17H2,1-6H3,(H3,29,30)/t18?,19?,20?,21-,22-,23?,26-,27-,28-/m1/s1. The maximum absolute atomic E-state index is 12.5. The maximum Gasteiger partial charge on any atom is 0.209 e. The Morgan fingerprint density at radius 1 is 1.17 bits per heavy atom. The largest absolute Gasteiger partial charge is 0.393 e. The number of guanidine groups is 1. The number of rotatable bonds is 5. The number of hydrazone groups is 1. The number of nitrogens with two attached hydrogens (primary N) is 1. The van der Waals surface area contributed by atoms with E-state index in [1.165, 1.54) is 0 Å². The van der Waals surface area contributed by atoms with Gasteiger partial charge in [0.05, 0.1) is 18.2 Å². The Labute approximate surface area is 212 Å². The summed E-state index contributed by atoms with van der Waals surface area (Å²) < 4.78 is 0. The van der Waals surface area contributed by atoms with Crippen LogP contribution >= 0.6 is 0 Å². The number of nitrogens with zero attached hydrogens (tertiary/aromatic N) is 3. The SMILES string of the molecule is CC=CC1C(C)C(O)CC2CC[C@@H]3[C@@H](CC[C@]4(C)C(=NN(CCN(C)C)C(=N)N)CC[C@@]34O)[C@]21C. The normalized spacial score (nSPS) is 46.5. The van der Waals surface area contributed by atoms with Crippen LogP contribution in [-0.4, -0.2) is 70.7 Å². The van der Waals surface area contributed by atoms with E-state index in [4.69, 9.17) is 16.2 Å². The van der Waals surface area contributed by atoms with Gasteiger partial charge in [0, 0.05) is 17.7 Å². The summed E-state index contributed by atoms with van der Waals surface area (Å²) in [5.41, 5.74) is 5.83. The van der Waals surface area contributed by atoms with E-state index in [0.29, 0.717) is 24.3 Å². The highest BCUT2D eigenvalue weighted by Gasteiger charge is 2.68. The predicted molar refractivity (Wildman–Crippen MR) is 142 cm³/mol. The average Bonchev–Trinajstić information content (AvgIpc) is 3.05. The second kappa shape index (κ2) is 9.46. The van der Waals surface area contributed by atoms with Gasteiger partial charge in [0.25, 0.3) is 0 Å². The molecule has 4 saturated carbocycles. The lowest BCUT2D eigenvalue weighted by atomic mass is 9.40. The molecule has 0 spiro atoms.